The van der Waals surface area contributed by atoms with Crippen molar-refractivity contribution in [2.24, 2.45) is 5.73 Å². The highest BCUT2D eigenvalue weighted by atomic mass is 14.9. The molecule has 0 unspecified atom stereocenters. The summed E-state index contributed by atoms with van der Waals surface area (Å²) in [5.41, 5.74) is 10.2. The second-order valence-corrected chi connectivity index (χ2v) is 3.70. The molecule has 0 aliphatic heterocycles. The van der Waals surface area contributed by atoms with Gasteiger partial charge in [0.2, 0.25) is 0 Å². The lowest BCUT2D eigenvalue weighted by Gasteiger charge is -1.96. The van der Waals surface area contributed by atoms with Crippen molar-refractivity contribution >= 4 is 11.0 Å². The molecular weight excluding hydrogens is 174 g/mol. The summed E-state index contributed by atoms with van der Waals surface area (Å²) in [5.74, 6) is 0.983. The van der Waals surface area contributed by atoms with Crippen LogP contribution in [-0.2, 0) is 6.42 Å². The first-order chi connectivity index (χ1) is 6.70. The third-order valence-corrected chi connectivity index (χ3v) is 2.35. The van der Waals surface area contributed by atoms with E-state index >= 15 is 0 Å². The van der Waals surface area contributed by atoms with E-state index in [0.29, 0.717) is 6.54 Å². The van der Waals surface area contributed by atoms with Crippen molar-refractivity contribution in [1.82, 2.24) is 9.97 Å². The molecule has 1 heterocycles. The lowest BCUT2D eigenvalue weighted by Crippen LogP contribution is -2.03. The number of fused-ring (bicyclic) bond motifs is 1. The van der Waals surface area contributed by atoms with Gasteiger partial charge < -0.3 is 10.7 Å². The highest BCUT2D eigenvalue weighted by molar-refractivity contribution is 5.79. The number of nitrogens with one attached hydrogen (secondary N) is 1. The maximum absolute atomic E-state index is 5.49. The summed E-state index contributed by atoms with van der Waals surface area (Å²) in [6, 6.07) is 4.27. The number of H-pyrrole nitrogens is 1. The van der Waals surface area contributed by atoms with Gasteiger partial charge in [-0.2, -0.15) is 0 Å². The van der Waals surface area contributed by atoms with Crippen LogP contribution in [-0.4, -0.2) is 16.5 Å². The highest BCUT2D eigenvalue weighted by Gasteiger charge is 2.04. The van der Waals surface area contributed by atoms with Crippen LogP contribution in [0.2, 0.25) is 0 Å². The van der Waals surface area contributed by atoms with Crippen LogP contribution in [0.5, 0.6) is 0 Å². The molecule has 14 heavy (non-hydrogen) atoms. The molecule has 0 amide bonds. The Kier molecular flexibility index (Phi) is 2.25. The molecule has 3 N–H and O–H groups in total. The molecule has 0 bridgehead atoms. The fourth-order valence-corrected chi connectivity index (χ4v) is 1.78. The molecule has 2 rings (SSSR count). The van der Waals surface area contributed by atoms with E-state index in [9.17, 15) is 0 Å². The van der Waals surface area contributed by atoms with E-state index in [2.05, 4.69) is 35.9 Å². The molecular formula is C11H15N3. The molecule has 74 valence electrons. The van der Waals surface area contributed by atoms with Crippen LogP contribution in [0.3, 0.4) is 0 Å². The Balaban J connectivity index is 2.58. The molecule has 0 saturated heterocycles. The van der Waals surface area contributed by atoms with Gasteiger partial charge >= 0.3 is 0 Å². The van der Waals surface area contributed by atoms with Gasteiger partial charge in [-0.3, -0.25) is 0 Å². The first kappa shape index (κ1) is 9.21. The number of aromatic amines is 1. The number of aromatic nitrogens is 2. The SMILES string of the molecule is Cc1cc(C)c2nc(CCN)[nH]c2c1. The van der Waals surface area contributed by atoms with E-state index in [0.717, 1.165) is 23.3 Å². The molecule has 0 aliphatic carbocycles. The first-order valence-corrected chi connectivity index (χ1v) is 4.86. The molecule has 2 aromatic rings. The predicted octanol–water partition coefficient (Wildman–Crippen LogP) is 1.68. The van der Waals surface area contributed by atoms with Crippen LogP contribution in [0.1, 0.15) is 17.0 Å². The minimum Gasteiger partial charge on any atom is -0.342 e. The molecule has 1 aromatic carbocycles. The fraction of sp³-hybridized carbons (Fsp3) is 0.364. The first-order valence-electron chi connectivity index (χ1n) is 4.86. The minimum absolute atomic E-state index is 0.637. The van der Waals surface area contributed by atoms with Crippen LogP contribution >= 0.6 is 0 Å². The maximum atomic E-state index is 5.49. The topological polar surface area (TPSA) is 54.7 Å². The Labute approximate surface area is 83.3 Å². The Bertz CT molecular complexity index is 457. The third-order valence-electron chi connectivity index (χ3n) is 2.35. The zero-order chi connectivity index (χ0) is 10.1. The van der Waals surface area contributed by atoms with Crippen LogP contribution in [0.15, 0.2) is 12.1 Å². The largest absolute Gasteiger partial charge is 0.342 e. The average Bonchev–Trinajstić information content (AvgIpc) is 2.48. The van der Waals surface area contributed by atoms with E-state index in [-0.39, 0.29) is 0 Å². The summed E-state index contributed by atoms with van der Waals surface area (Å²) in [7, 11) is 0. The summed E-state index contributed by atoms with van der Waals surface area (Å²) in [5, 5.41) is 0. The number of hydrogen-bond donors (Lipinski definition) is 2. The van der Waals surface area contributed by atoms with Crippen LogP contribution < -0.4 is 5.73 Å². The van der Waals surface area contributed by atoms with E-state index in [4.69, 9.17) is 5.73 Å². The van der Waals surface area contributed by atoms with Gasteiger partial charge in [-0.05, 0) is 37.6 Å². The van der Waals surface area contributed by atoms with E-state index < -0.39 is 0 Å². The zero-order valence-corrected chi connectivity index (χ0v) is 8.59. The van der Waals surface area contributed by atoms with Crippen molar-refractivity contribution in [3.8, 4) is 0 Å². The van der Waals surface area contributed by atoms with Gasteiger partial charge in [0, 0.05) is 6.42 Å². The smallest absolute Gasteiger partial charge is 0.108 e. The lowest BCUT2D eigenvalue weighted by molar-refractivity contribution is 0.900. The van der Waals surface area contributed by atoms with Crippen molar-refractivity contribution in [3.63, 3.8) is 0 Å². The molecule has 0 saturated carbocycles. The van der Waals surface area contributed by atoms with Crippen LogP contribution in [0, 0.1) is 13.8 Å². The highest BCUT2D eigenvalue weighted by Crippen LogP contribution is 2.18. The number of aryl methyl sites for hydroxylation is 2. The van der Waals surface area contributed by atoms with Gasteiger partial charge in [-0.1, -0.05) is 6.07 Å². The average molecular weight is 189 g/mol. The number of benzene rings is 1. The van der Waals surface area contributed by atoms with E-state index in [1.54, 1.807) is 0 Å². The summed E-state index contributed by atoms with van der Waals surface area (Å²) < 4.78 is 0. The van der Waals surface area contributed by atoms with Crippen molar-refractivity contribution in [2.75, 3.05) is 6.54 Å². The molecule has 0 spiro atoms. The summed E-state index contributed by atoms with van der Waals surface area (Å²) >= 11 is 0. The van der Waals surface area contributed by atoms with Gasteiger partial charge in [-0.15, -0.1) is 0 Å². The molecule has 3 heteroatoms. The maximum Gasteiger partial charge on any atom is 0.108 e. The summed E-state index contributed by atoms with van der Waals surface area (Å²) in [6.07, 6.45) is 0.813. The van der Waals surface area contributed by atoms with Crippen molar-refractivity contribution < 1.29 is 0 Å². The molecule has 1 aromatic heterocycles. The van der Waals surface area contributed by atoms with Gasteiger partial charge in [-0.25, -0.2) is 4.98 Å². The zero-order valence-electron chi connectivity index (χ0n) is 8.59. The quantitative estimate of drug-likeness (QED) is 0.755. The van der Waals surface area contributed by atoms with Gasteiger partial charge in [0.1, 0.15) is 5.82 Å². The summed E-state index contributed by atoms with van der Waals surface area (Å²) in [6.45, 7) is 4.82. The van der Waals surface area contributed by atoms with Gasteiger partial charge in [0.15, 0.2) is 0 Å². The Morgan fingerprint density at radius 3 is 2.86 bits per heavy atom. The van der Waals surface area contributed by atoms with Gasteiger partial charge in [0.25, 0.3) is 0 Å². The van der Waals surface area contributed by atoms with Crippen molar-refractivity contribution in [2.45, 2.75) is 20.3 Å². The van der Waals surface area contributed by atoms with Crippen LogP contribution in [0.25, 0.3) is 11.0 Å². The van der Waals surface area contributed by atoms with Crippen molar-refractivity contribution in [3.05, 3.63) is 29.1 Å². The summed E-state index contributed by atoms with van der Waals surface area (Å²) in [4.78, 5) is 7.79. The molecule has 0 fully saturated rings. The predicted molar refractivity (Wildman–Crippen MR) is 58.3 cm³/mol. The Hall–Kier alpha value is -1.35. The molecule has 3 nitrogen and oxygen atoms in total. The fourth-order valence-electron chi connectivity index (χ4n) is 1.78. The monoisotopic (exact) mass is 189 g/mol. The van der Waals surface area contributed by atoms with E-state index in [1.165, 1.54) is 11.1 Å². The van der Waals surface area contributed by atoms with Crippen LogP contribution in [0.4, 0.5) is 0 Å². The van der Waals surface area contributed by atoms with Gasteiger partial charge in [0.05, 0.1) is 11.0 Å². The molecule has 0 aliphatic rings. The number of hydrogen-bond acceptors (Lipinski definition) is 2. The second kappa shape index (κ2) is 3.42. The third kappa shape index (κ3) is 1.51. The number of imidazole rings is 1. The molecule has 0 radical (unpaired) electrons. The lowest BCUT2D eigenvalue weighted by atomic mass is 10.1. The molecule has 0 atom stereocenters. The number of rotatable bonds is 2. The minimum atomic E-state index is 0.637. The number of nitrogens with zero attached hydrogens (tertiary/aromatic N) is 1. The Morgan fingerprint density at radius 1 is 1.36 bits per heavy atom. The number of nitrogens with two attached hydrogens (primary N) is 1. The normalized spacial score (nSPS) is 11.1. The van der Waals surface area contributed by atoms with E-state index in [1.807, 2.05) is 0 Å². The van der Waals surface area contributed by atoms with Crippen molar-refractivity contribution in [1.29, 1.82) is 0 Å². The standard InChI is InChI=1S/C11H15N3/c1-7-5-8(2)11-9(6-7)13-10(14-11)3-4-12/h5-6H,3-4,12H2,1-2H3,(H,13,14). The second-order valence-electron chi connectivity index (χ2n) is 3.70. The Morgan fingerprint density at radius 2 is 2.14 bits per heavy atom.